The molecule has 0 saturated carbocycles. The van der Waals surface area contributed by atoms with Crippen LogP contribution in [0.3, 0.4) is 0 Å². The third-order valence-corrected chi connectivity index (χ3v) is 4.17. The van der Waals surface area contributed by atoms with E-state index < -0.39 is 24.5 Å². The van der Waals surface area contributed by atoms with E-state index in [0.717, 1.165) is 12.1 Å². The molecule has 0 fully saturated rings. The molecule has 3 N–H and O–H groups in total. The molecule has 3 aromatic rings. The number of nitrogens with one attached hydrogen (secondary N) is 1. The normalized spacial score (nSPS) is 12.2. The van der Waals surface area contributed by atoms with Crippen LogP contribution in [0, 0.1) is 0 Å². The van der Waals surface area contributed by atoms with Gasteiger partial charge in [-0.3, -0.25) is 0 Å². The second-order valence-electron chi connectivity index (χ2n) is 6.51. The number of aromatic amines is 1. The summed E-state index contributed by atoms with van der Waals surface area (Å²) in [5, 5.41) is 0. The van der Waals surface area contributed by atoms with Gasteiger partial charge in [-0.15, -0.1) is 0 Å². The van der Waals surface area contributed by atoms with E-state index in [1.165, 1.54) is 30.5 Å². The van der Waals surface area contributed by atoms with Crippen molar-refractivity contribution in [1.82, 2.24) is 9.97 Å². The van der Waals surface area contributed by atoms with Crippen LogP contribution in [0.15, 0.2) is 48.7 Å². The van der Waals surface area contributed by atoms with Crippen molar-refractivity contribution in [2.24, 2.45) is 5.73 Å². The number of alkyl halides is 6. The van der Waals surface area contributed by atoms with E-state index in [-0.39, 0.29) is 16.9 Å². The Kier molecular flexibility index (Phi) is 6.06. The zero-order valence-electron chi connectivity index (χ0n) is 15.4. The average Bonchev–Trinajstić information content (AvgIpc) is 3.14. The molecule has 0 aliphatic heterocycles. The maximum Gasteiger partial charge on any atom is 0.422 e. The zero-order chi connectivity index (χ0) is 21.9. The summed E-state index contributed by atoms with van der Waals surface area (Å²) >= 11 is 0. The number of rotatable bonds is 6. The van der Waals surface area contributed by atoms with Crippen molar-refractivity contribution in [1.29, 1.82) is 0 Å². The second kappa shape index (κ2) is 8.39. The average molecular weight is 429 g/mol. The van der Waals surface area contributed by atoms with Crippen LogP contribution in [0.25, 0.3) is 22.4 Å². The molecule has 4 nitrogen and oxygen atoms in total. The summed E-state index contributed by atoms with van der Waals surface area (Å²) in [5.74, 6) is 0.515. The minimum absolute atomic E-state index is 0.0386. The molecular weight excluding hydrogens is 412 g/mol. The largest absolute Gasteiger partial charge is 0.484 e. The number of aromatic nitrogens is 2. The molecule has 0 bridgehead atoms. The van der Waals surface area contributed by atoms with E-state index in [9.17, 15) is 26.3 Å². The molecule has 1 aromatic heterocycles. The van der Waals surface area contributed by atoms with Crippen molar-refractivity contribution < 1.29 is 31.1 Å². The Morgan fingerprint density at radius 1 is 0.900 bits per heavy atom. The summed E-state index contributed by atoms with van der Waals surface area (Å²) < 4.78 is 81.6. The molecule has 0 aliphatic carbocycles. The van der Waals surface area contributed by atoms with Crippen molar-refractivity contribution in [2.75, 3.05) is 13.2 Å². The van der Waals surface area contributed by atoms with E-state index in [1.807, 2.05) is 0 Å². The third-order valence-electron chi connectivity index (χ3n) is 4.17. The molecule has 0 aliphatic rings. The molecule has 1 heterocycles. The van der Waals surface area contributed by atoms with Gasteiger partial charge >= 0.3 is 12.4 Å². The molecule has 0 saturated heterocycles. The number of H-pyrrole nitrogens is 1. The molecule has 3 rings (SSSR count). The second-order valence-corrected chi connectivity index (χ2v) is 6.51. The first-order chi connectivity index (χ1) is 14.0. The maximum atomic E-state index is 13.4. The molecule has 30 heavy (non-hydrogen) atoms. The van der Waals surface area contributed by atoms with Crippen LogP contribution in [0.5, 0.6) is 5.75 Å². The summed E-state index contributed by atoms with van der Waals surface area (Å²) in [4.78, 5) is 7.05. The Hall–Kier alpha value is -3.01. The Labute approximate surface area is 167 Å². The Morgan fingerprint density at radius 3 is 2.17 bits per heavy atom. The van der Waals surface area contributed by atoms with Crippen molar-refractivity contribution >= 4 is 0 Å². The van der Waals surface area contributed by atoms with Crippen LogP contribution in [0.1, 0.15) is 11.4 Å². The third kappa shape index (κ3) is 5.53. The summed E-state index contributed by atoms with van der Waals surface area (Å²) in [6, 6.07) is 8.87. The van der Waals surface area contributed by atoms with Gasteiger partial charge in [0.2, 0.25) is 0 Å². The Balaban J connectivity index is 1.95. The van der Waals surface area contributed by atoms with Gasteiger partial charge in [-0.25, -0.2) is 4.98 Å². The highest BCUT2D eigenvalue weighted by molar-refractivity contribution is 5.73. The van der Waals surface area contributed by atoms with E-state index in [1.54, 1.807) is 6.07 Å². The van der Waals surface area contributed by atoms with E-state index in [2.05, 4.69) is 14.7 Å². The zero-order valence-corrected chi connectivity index (χ0v) is 15.4. The van der Waals surface area contributed by atoms with Crippen LogP contribution in [0.4, 0.5) is 26.3 Å². The smallest absolute Gasteiger partial charge is 0.422 e. The van der Waals surface area contributed by atoms with Crippen LogP contribution in [0.2, 0.25) is 0 Å². The van der Waals surface area contributed by atoms with E-state index in [0.29, 0.717) is 30.0 Å². The highest BCUT2D eigenvalue weighted by Crippen LogP contribution is 2.36. The fraction of sp³-hybridized carbons (Fsp3) is 0.250. The number of nitrogens with two attached hydrogens (primary N) is 1. The van der Waals surface area contributed by atoms with Crippen molar-refractivity contribution in [3.63, 3.8) is 0 Å². The lowest BCUT2D eigenvalue weighted by Crippen LogP contribution is -2.19. The van der Waals surface area contributed by atoms with Gasteiger partial charge in [0.25, 0.3) is 0 Å². The maximum absolute atomic E-state index is 13.4. The van der Waals surface area contributed by atoms with Gasteiger partial charge in [0.15, 0.2) is 6.61 Å². The number of ether oxygens (including phenoxy) is 1. The molecule has 10 heteroatoms. The minimum Gasteiger partial charge on any atom is -0.484 e. The van der Waals surface area contributed by atoms with Crippen LogP contribution in [-0.4, -0.2) is 29.3 Å². The summed E-state index contributed by atoms with van der Waals surface area (Å²) in [7, 11) is 0. The van der Waals surface area contributed by atoms with Crippen LogP contribution in [-0.2, 0) is 12.6 Å². The highest BCUT2D eigenvalue weighted by Gasteiger charge is 2.32. The summed E-state index contributed by atoms with van der Waals surface area (Å²) in [5.41, 5.74) is 5.92. The standard InChI is InChI=1S/C20H17F6N3O/c21-19(22,23)11-30-16-3-1-12(2-4-16)13-7-14(9-15(8-13)20(24,25)26)17-10-28-18(29-17)5-6-27/h1-4,7-10H,5-6,11,27H2,(H,28,29). The quantitative estimate of drug-likeness (QED) is 0.529. The highest BCUT2D eigenvalue weighted by atomic mass is 19.4. The lowest BCUT2D eigenvalue weighted by molar-refractivity contribution is -0.153. The first-order valence-corrected chi connectivity index (χ1v) is 8.82. The van der Waals surface area contributed by atoms with Gasteiger partial charge in [0.05, 0.1) is 17.5 Å². The number of halogens is 6. The molecular formula is C20H17F6N3O. The number of benzene rings is 2. The van der Waals surface area contributed by atoms with Crippen LogP contribution < -0.4 is 10.5 Å². The number of hydrogen-bond acceptors (Lipinski definition) is 3. The number of imidazole rings is 1. The van der Waals surface area contributed by atoms with Crippen molar-refractivity contribution in [3.8, 4) is 28.1 Å². The summed E-state index contributed by atoms with van der Waals surface area (Å²) in [6.45, 7) is -1.12. The van der Waals surface area contributed by atoms with Crippen LogP contribution >= 0.6 is 0 Å². The fourth-order valence-corrected chi connectivity index (χ4v) is 2.80. The number of nitrogens with zero attached hydrogens (tertiary/aromatic N) is 1. The predicted molar refractivity (Wildman–Crippen MR) is 98.8 cm³/mol. The molecule has 0 atom stereocenters. The Morgan fingerprint density at radius 2 is 1.57 bits per heavy atom. The predicted octanol–water partition coefficient (Wildman–Crippen LogP) is 5.20. The first-order valence-electron chi connectivity index (χ1n) is 8.82. The lowest BCUT2D eigenvalue weighted by Gasteiger charge is -2.13. The van der Waals surface area contributed by atoms with Gasteiger partial charge in [0.1, 0.15) is 11.6 Å². The van der Waals surface area contributed by atoms with Crippen molar-refractivity contribution in [2.45, 2.75) is 18.8 Å². The lowest BCUT2D eigenvalue weighted by atomic mass is 9.98. The monoisotopic (exact) mass is 429 g/mol. The van der Waals surface area contributed by atoms with Gasteiger partial charge in [-0.1, -0.05) is 12.1 Å². The molecule has 0 radical (unpaired) electrons. The molecule has 0 spiro atoms. The minimum atomic E-state index is -4.58. The fourth-order valence-electron chi connectivity index (χ4n) is 2.80. The molecule has 0 amide bonds. The SMILES string of the molecule is NCCc1ncc(-c2cc(-c3ccc(OCC(F)(F)F)cc3)cc(C(F)(F)F)c2)[nH]1. The summed E-state index contributed by atoms with van der Waals surface area (Å²) in [6.07, 6.45) is -7.19. The topological polar surface area (TPSA) is 63.9 Å². The van der Waals surface area contributed by atoms with Gasteiger partial charge in [0, 0.05) is 12.0 Å². The Bertz CT molecular complexity index is 993. The van der Waals surface area contributed by atoms with Crippen molar-refractivity contribution in [3.05, 3.63) is 60.0 Å². The molecule has 0 unspecified atom stereocenters. The molecule has 2 aromatic carbocycles. The van der Waals surface area contributed by atoms with Gasteiger partial charge < -0.3 is 15.5 Å². The molecule has 160 valence electrons. The van der Waals surface area contributed by atoms with Gasteiger partial charge in [-0.05, 0) is 48.0 Å². The van der Waals surface area contributed by atoms with E-state index >= 15 is 0 Å². The number of hydrogen-bond donors (Lipinski definition) is 2. The van der Waals surface area contributed by atoms with Gasteiger partial charge in [-0.2, -0.15) is 26.3 Å². The van der Waals surface area contributed by atoms with E-state index in [4.69, 9.17) is 5.73 Å². The first kappa shape index (κ1) is 21.7.